The van der Waals surface area contributed by atoms with Gasteiger partial charge >= 0.3 is 0 Å². The molecule has 0 aliphatic carbocycles. The zero-order valence-electron chi connectivity index (χ0n) is 14.0. The molecule has 1 heterocycles. The predicted octanol–water partition coefficient (Wildman–Crippen LogP) is 3.44. The zero-order chi connectivity index (χ0) is 17.6. The Kier molecular flexibility index (Phi) is 5.36. The van der Waals surface area contributed by atoms with E-state index in [1.807, 2.05) is 48.5 Å². The van der Waals surface area contributed by atoms with Crippen LogP contribution in [-0.4, -0.2) is 23.7 Å². The van der Waals surface area contributed by atoms with Gasteiger partial charge in [-0.3, -0.25) is 4.79 Å². The van der Waals surface area contributed by atoms with Crippen LogP contribution in [0.15, 0.2) is 65.1 Å². The lowest BCUT2D eigenvalue weighted by molar-refractivity contribution is -0.127. The van der Waals surface area contributed by atoms with E-state index in [0.29, 0.717) is 24.5 Å². The SMILES string of the molecule is C[C@H](Oc1ccccc1)C(=O)NCC[C@H](O)c1cc2ccccc2o1. The standard InChI is InChI=1S/C20H21NO4/c1-14(24-16-8-3-2-4-9-16)20(23)21-12-11-17(22)19-13-15-7-5-6-10-18(15)25-19/h2-10,13-14,17,22H,11-12H2,1H3,(H,21,23)/t14-,17-/m0/s1. The third kappa shape index (κ3) is 4.39. The molecule has 5 heteroatoms. The lowest BCUT2D eigenvalue weighted by atomic mass is 10.2. The van der Waals surface area contributed by atoms with Crippen molar-refractivity contribution in [1.82, 2.24) is 5.32 Å². The Balaban J connectivity index is 1.47. The molecule has 0 saturated carbocycles. The van der Waals surface area contributed by atoms with Crippen molar-refractivity contribution in [3.05, 3.63) is 66.4 Å². The van der Waals surface area contributed by atoms with Crippen molar-refractivity contribution < 1.29 is 19.1 Å². The summed E-state index contributed by atoms with van der Waals surface area (Å²) in [4.78, 5) is 12.1. The summed E-state index contributed by atoms with van der Waals surface area (Å²) < 4.78 is 11.2. The molecule has 1 amide bonds. The minimum Gasteiger partial charge on any atom is -0.481 e. The highest BCUT2D eigenvalue weighted by Gasteiger charge is 2.17. The first-order valence-electron chi connectivity index (χ1n) is 8.29. The monoisotopic (exact) mass is 339 g/mol. The van der Waals surface area contributed by atoms with Crippen molar-refractivity contribution in [2.75, 3.05) is 6.54 Å². The molecule has 0 spiro atoms. The maximum absolute atomic E-state index is 12.1. The highest BCUT2D eigenvalue weighted by Crippen LogP contribution is 2.25. The number of carbonyl (C=O) groups is 1. The molecule has 3 aromatic rings. The van der Waals surface area contributed by atoms with Crippen LogP contribution in [0.2, 0.25) is 0 Å². The van der Waals surface area contributed by atoms with E-state index in [1.165, 1.54) is 0 Å². The normalized spacial score (nSPS) is 13.4. The number of nitrogens with one attached hydrogen (secondary N) is 1. The fraction of sp³-hybridized carbons (Fsp3) is 0.250. The largest absolute Gasteiger partial charge is 0.481 e. The zero-order valence-corrected chi connectivity index (χ0v) is 14.0. The molecule has 0 aliphatic heterocycles. The summed E-state index contributed by atoms with van der Waals surface area (Å²) in [7, 11) is 0. The van der Waals surface area contributed by atoms with Crippen molar-refractivity contribution in [1.29, 1.82) is 0 Å². The molecule has 2 N–H and O–H groups in total. The highest BCUT2D eigenvalue weighted by atomic mass is 16.5. The van der Waals surface area contributed by atoms with Crippen molar-refractivity contribution >= 4 is 16.9 Å². The quantitative estimate of drug-likeness (QED) is 0.692. The smallest absolute Gasteiger partial charge is 0.260 e. The molecule has 0 saturated heterocycles. The van der Waals surface area contributed by atoms with Gasteiger partial charge in [-0.15, -0.1) is 0 Å². The van der Waals surface area contributed by atoms with Crippen LogP contribution in [0.25, 0.3) is 11.0 Å². The predicted molar refractivity (Wildman–Crippen MR) is 95.3 cm³/mol. The second-order valence-corrected chi connectivity index (χ2v) is 5.86. The molecule has 3 rings (SSSR count). The van der Waals surface area contributed by atoms with E-state index in [2.05, 4.69) is 5.32 Å². The van der Waals surface area contributed by atoms with Gasteiger partial charge in [-0.1, -0.05) is 36.4 Å². The van der Waals surface area contributed by atoms with Crippen molar-refractivity contribution in [2.24, 2.45) is 0 Å². The molecular formula is C20H21NO4. The summed E-state index contributed by atoms with van der Waals surface area (Å²) in [5.74, 6) is 0.928. The molecule has 2 aromatic carbocycles. The van der Waals surface area contributed by atoms with Crippen LogP contribution < -0.4 is 10.1 Å². The van der Waals surface area contributed by atoms with E-state index in [0.717, 1.165) is 11.0 Å². The number of amides is 1. The Hall–Kier alpha value is -2.79. The van der Waals surface area contributed by atoms with Crippen molar-refractivity contribution in [3.63, 3.8) is 0 Å². The first-order valence-corrected chi connectivity index (χ1v) is 8.29. The molecule has 0 unspecified atom stereocenters. The van der Waals surface area contributed by atoms with Crippen LogP contribution in [-0.2, 0) is 4.79 Å². The second-order valence-electron chi connectivity index (χ2n) is 5.86. The topological polar surface area (TPSA) is 71.7 Å². The van der Waals surface area contributed by atoms with E-state index in [9.17, 15) is 9.90 Å². The minimum atomic E-state index is -0.766. The maximum Gasteiger partial charge on any atom is 0.260 e. The average Bonchev–Trinajstić information content (AvgIpc) is 3.06. The number of carbonyl (C=O) groups excluding carboxylic acids is 1. The summed E-state index contributed by atoms with van der Waals surface area (Å²) in [5, 5.41) is 14.0. The highest BCUT2D eigenvalue weighted by molar-refractivity contribution is 5.80. The number of hydrogen-bond acceptors (Lipinski definition) is 4. The number of furan rings is 1. The fourth-order valence-corrected chi connectivity index (χ4v) is 2.54. The third-order valence-electron chi connectivity index (χ3n) is 3.92. The van der Waals surface area contributed by atoms with Gasteiger partial charge in [0.2, 0.25) is 0 Å². The van der Waals surface area contributed by atoms with Gasteiger partial charge in [0.05, 0.1) is 0 Å². The Morgan fingerprint density at radius 2 is 1.88 bits per heavy atom. The molecule has 25 heavy (non-hydrogen) atoms. The van der Waals surface area contributed by atoms with Gasteiger partial charge < -0.3 is 19.6 Å². The molecule has 0 aliphatic rings. The van der Waals surface area contributed by atoms with E-state index >= 15 is 0 Å². The molecule has 5 nitrogen and oxygen atoms in total. The number of aliphatic hydroxyl groups is 1. The van der Waals surface area contributed by atoms with Crippen molar-refractivity contribution in [2.45, 2.75) is 25.6 Å². The first-order chi connectivity index (χ1) is 12.1. The van der Waals surface area contributed by atoms with Gasteiger partial charge in [-0.2, -0.15) is 0 Å². The van der Waals surface area contributed by atoms with Crippen LogP contribution in [0.5, 0.6) is 5.75 Å². The van der Waals surface area contributed by atoms with Crippen LogP contribution >= 0.6 is 0 Å². The van der Waals surface area contributed by atoms with E-state index in [-0.39, 0.29) is 5.91 Å². The molecule has 2 atom stereocenters. The van der Waals surface area contributed by atoms with E-state index in [1.54, 1.807) is 19.1 Å². The number of fused-ring (bicyclic) bond motifs is 1. The first kappa shape index (κ1) is 17.0. The number of rotatable bonds is 7. The number of ether oxygens (including phenoxy) is 1. The summed E-state index contributed by atoms with van der Waals surface area (Å²) in [6.45, 7) is 2.03. The number of benzene rings is 2. The van der Waals surface area contributed by atoms with Gasteiger partial charge in [-0.05, 0) is 37.6 Å². The fourth-order valence-electron chi connectivity index (χ4n) is 2.54. The Morgan fingerprint density at radius 1 is 1.16 bits per heavy atom. The van der Waals surface area contributed by atoms with Crippen LogP contribution in [0.3, 0.4) is 0 Å². The van der Waals surface area contributed by atoms with Gasteiger partial charge in [0, 0.05) is 11.9 Å². The number of aliphatic hydroxyl groups excluding tert-OH is 1. The molecule has 0 bridgehead atoms. The summed E-state index contributed by atoms with van der Waals surface area (Å²) in [5.41, 5.74) is 0.741. The van der Waals surface area contributed by atoms with Crippen LogP contribution in [0.4, 0.5) is 0 Å². The Bertz CT molecular complexity index is 795. The molecule has 0 radical (unpaired) electrons. The summed E-state index contributed by atoms with van der Waals surface area (Å²) in [6.07, 6.45) is -1.01. The molecule has 130 valence electrons. The minimum absolute atomic E-state index is 0.222. The van der Waals surface area contributed by atoms with Gasteiger partial charge in [0.25, 0.3) is 5.91 Å². The third-order valence-corrected chi connectivity index (χ3v) is 3.92. The van der Waals surface area contributed by atoms with Gasteiger partial charge in [0.15, 0.2) is 6.10 Å². The lowest BCUT2D eigenvalue weighted by Crippen LogP contribution is -2.37. The van der Waals surface area contributed by atoms with E-state index in [4.69, 9.17) is 9.15 Å². The molecular weight excluding hydrogens is 318 g/mol. The van der Waals surface area contributed by atoms with Crippen LogP contribution in [0.1, 0.15) is 25.2 Å². The Labute approximate surface area is 146 Å². The number of hydrogen-bond donors (Lipinski definition) is 2. The molecule has 0 fully saturated rings. The average molecular weight is 339 g/mol. The second kappa shape index (κ2) is 7.85. The van der Waals surface area contributed by atoms with Gasteiger partial charge in [0.1, 0.15) is 23.2 Å². The van der Waals surface area contributed by atoms with Crippen LogP contribution in [0, 0.1) is 0 Å². The summed E-state index contributed by atoms with van der Waals surface area (Å²) in [6, 6.07) is 18.6. The lowest BCUT2D eigenvalue weighted by Gasteiger charge is -2.15. The van der Waals surface area contributed by atoms with Gasteiger partial charge in [-0.25, -0.2) is 0 Å². The van der Waals surface area contributed by atoms with E-state index < -0.39 is 12.2 Å². The molecule has 1 aromatic heterocycles. The number of para-hydroxylation sites is 2. The van der Waals surface area contributed by atoms with Crippen molar-refractivity contribution in [3.8, 4) is 5.75 Å². The maximum atomic E-state index is 12.1. The summed E-state index contributed by atoms with van der Waals surface area (Å²) >= 11 is 0. The Morgan fingerprint density at radius 3 is 2.64 bits per heavy atom.